The van der Waals surface area contributed by atoms with E-state index in [0.29, 0.717) is 0 Å². The van der Waals surface area contributed by atoms with Crippen molar-refractivity contribution in [1.29, 1.82) is 0 Å². The smallest absolute Gasteiger partial charge is 0.227 e. The van der Waals surface area contributed by atoms with Crippen molar-refractivity contribution in [2.45, 2.75) is 19.3 Å². The van der Waals surface area contributed by atoms with Crippen molar-refractivity contribution in [3.05, 3.63) is 22.4 Å². The Labute approximate surface area is 100 Å². The summed E-state index contributed by atoms with van der Waals surface area (Å²) in [6, 6.07) is 4.16. The van der Waals surface area contributed by atoms with Crippen LogP contribution in [-0.4, -0.2) is 26.0 Å². The highest BCUT2D eigenvalue weighted by Gasteiger charge is 2.48. The Morgan fingerprint density at radius 3 is 2.94 bits per heavy atom. The first-order chi connectivity index (χ1) is 7.77. The summed E-state index contributed by atoms with van der Waals surface area (Å²) in [6.45, 7) is 1.56. The second-order valence-corrected chi connectivity index (χ2v) is 5.43. The van der Waals surface area contributed by atoms with Crippen LogP contribution in [0.25, 0.3) is 0 Å². The molecule has 0 bridgehead atoms. The van der Waals surface area contributed by atoms with Crippen molar-refractivity contribution in [3.8, 4) is 0 Å². The third-order valence-electron chi connectivity index (χ3n) is 3.09. The van der Waals surface area contributed by atoms with Crippen LogP contribution >= 0.6 is 11.3 Å². The summed E-state index contributed by atoms with van der Waals surface area (Å²) < 4.78 is 0. The number of carbonyl (C=O) groups is 1. The van der Waals surface area contributed by atoms with Gasteiger partial charge >= 0.3 is 0 Å². The minimum absolute atomic E-state index is 0.0931. The van der Waals surface area contributed by atoms with Crippen molar-refractivity contribution in [2.75, 3.05) is 20.1 Å². The molecule has 0 aliphatic heterocycles. The fraction of sp³-hybridized carbons (Fsp3) is 0.583. The second kappa shape index (κ2) is 4.97. The number of carbonyl (C=O) groups excluding carboxylic acids is 1. The fourth-order valence-corrected chi connectivity index (χ4v) is 2.62. The molecule has 0 aromatic carbocycles. The molecule has 1 aliphatic carbocycles. The highest BCUT2D eigenvalue weighted by Crippen LogP contribution is 2.45. The van der Waals surface area contributed by atoms with E-state index < -0.39 is 0 Å². The molecule has 1 amide bonds. The Balaban J connectivity index is 1.72. The van der Waals surface area contributed by atoms with Gasteiger partial charge in [-0.3, -0.25) is 4.79 Å². The average molecular weight is 238 g/mol. The topological polar surface area (TPSA) is 41.1 Å². The Kier molecular flexibility index (Phi) is 3.61. The molecule has 1 heterocycles. The Hall–Kier alpha value is -0.870. The van der Waals surface area contributed by atoms with Crippen LogP contribution in [-0.2, 0) is 11.2 Å². The molecule has 2 rings (SSSR count). The molecule has 1 aromatic rings. The van der Waals surface area contributed by atoms with Gasteiger partial charge in [0.25, 0.3) is 0 Å². The van der Waals surface area contributed by atoms with Crippen molar-refractivity contribution in [1.82, 2.24) is 10.6 Å². The third-order valence-corrected chi connectivity index (χ3v) is 4.02. The SMILES string of the molecule is CNCC1(C(=O)NCCc2cccs2)CC1. The third kappa shape index (κ3) is 2.62. The molecular formula is C12H18N2OS. The van der Waals surface area contributed by atoms with Gasteiger partial charge in [0.15, 0.2) is 0 Å². The molecule has 0 radical (unpaired) electrons. The average Bonchev–Trinajstić information content (AvgIpc) is 2.88. The predicted molar refractivity (Wildman–Crippen MR) is 66.6 cm³/mol. The molecule has 1 aromatic heterocycles. The first kappa shape index (κ1) is 11.6. The van der Waals surface area contributed by atoms with Gasteiger partial charge in [-0.05, 0) is 37.8 Å². The summed E-state index contributed by atoms with van der Waals surface area (Å²) >= 11 is 1.74. The molecule has 16 heavy (non-hydrogen) atoms. The lowest BCUT2D eigenvalue weighted by Gasteiger charge is -2.14. The minimum Gasteiger partial charge on any atom is -0.355 e. The highest BCUT2D eigenvalue weighted by molar-refractivity contribution is 7.09. The molecule has 0 spiro atoms. The molecule has 1 aliphatic rings. The largest absolute Gasteiger partial charge is 0.355 e. The summed E-state index contributed by atoms with van der Waals surface area (Å²) in [5, 5.41) is 8.20. The maximum absolute atomic E-state index is 11.9. The summed E-state index contributed by atoms with van der Waals surface area (Å²) in [4.78, 5) is 13.2. The molecule has 0 saturated heterocycles. The van der Waals surface area contributed by atoms with E-state index in [1.165, 1.54) is 4.88 Å². The maximum atomic E-state index is 11.9. The highest BCUT2D eigenvalue weighted by atomic mass is 32.1. The Morgan fingerprint density at radius 2 is 2.38 bits per heavy atom. The second-order valence-electron chi connectivity index (χ2n) is 4.40. The first-order valence-electron chi connectivity index (χ1n) is 5.72. The van der Waals surface area contributed by atoms with Gasteiger partial charge in [-0.1, -0.05) is 6.07 Å². The van der Waals surface area contributed by atoms with E-state index in [4.69, 9.17) is 0 Å². The van der Waals surface area contributed by atoms with Crippen molar-refractivity contribution >= 4 is 17.2 Å². The number of hydrogen-bond donors (Lipinski definition) is 2. The van der Waals surface area contributed by atoms with Gasteiger partial charge in [0.05, 0.1) is 5.41 Å². The lowest BCUT2D eigenvalue weighted by Crippen LogP contribution is -2.38. The lowest BCUT2D eigenvalue weighted by atomic mass is 10.1. The van der Waals surface area contributed by atoms with E-state index in [0.717, 1.165) is 32.4 Å². The van der Waals surface area contributed by atoms with Crippen LogP contribution in [0.2, 0.25) is 0 Å². The van der Waals surface area contributed by atoms with Gasteiger partial charge in [-0.15, -0.1) is 11.3 Å². The van der Waals surface area contributed by atoms with Crippen LogP contribution in [0.4, 0.5) is 0 Å². The Bertz CT molecular complexity index is 344. The quantitative estimate of drug-likeness (QED) is 0.786. The van der Waals surface area contributed by atoms with Crippen LogP contribution in [0.1, 0.15) is 17.7 Å². The van der Waals surface area contributed by atoms with E-state index in [1.54, 1.807) is 11.3 Å². The molecule has 0 atom stereocenters. The minimum atomic E-state index is -0.0931. The van der Waals surface area contributed by atoms with Gasteiger partial charge in [0, 0.05) is 18.0 Å². The lowest BCUT2D eigenvalue weighted by molar-refractivity contribution is -0.126. The van der Waals surface area contributed by atoms with Gasteiger partial charge < -0.3 is 10.6 Å². The Morgan fingerprint density at radius 1 is 1.56 bits per heavy atom. The molecule has 4 heteroatoms. The van der Waals surface area contributed by atoms with Crippen LogP contribution in [0.5, 0.6) is 0 Å². The zero-order valence-corrected chi connectivity index (χ0v) is 10.4. The summed E-state index contributed by atoms with van der Waals surface area (Å²) in [5.41, 5.74) is -0.0931. The van der Waals surface area contributed by atoms with E-state index in [2.05, 4.69) is 22.1 Å². The molecule has 1 fully saturated rings. The predicted octanol–water partition coefficient (Wildman–Crippen LogP) is 1.41. The molecular weight excluding hydrogens is 220 g/mol. The van der Waals surface area contributed by atoms with Crippen molar-refractivity contribution < 1.29 is 4.79 Å². The molecule has 88 valence electrons. The summed E-state index contributed by atoms with van der Waals surface area (Å²) in [6.07, 6.45) is 3.00. The van der Waals surface area contributed by atoms with Crippen LogP contribution in [0.15, 0.2) is 17.5 Å². The van der Waals surface area contributed by atoms with Crippen LogP contribution in [0.3, 0.4) is 0 Å². The van der Waals surface area contributed by atoms with E-state index >= 15 is 0 Å². The standard InChI is InChI=1S/C12H18N2OS/c1-13-9-12(5-6-12)11(15)14-7-4-10-3-2-8-16-10/h2-3,8,13H,4-7,9H2,1H3,(H,14,15). The normalized spacial score (nSPS) is 17.1. The van der Waals surface area contributed by atoms with Crippen LogP contribution < -0.4 is 10.6 Å². The number of nitrogens with one attached hydrogen (secondary N) is 2. The monoisotopic (exact) mass is 238 g/mol. The zero-order valence-electron chi connectivity index (χ0n) is 9.58. The van der Waals surface area contributed by atoms with Crippen LogP contribution in [0, 0.1) is 5.41 Å². The van der Waals surface area contributed by atoms with Gasteiger partial charge in [0.2, 0.25) is 5.91 Å². The van der Waals surface area contributed by atoms with Gasteiger partial charge in [0.1, 0.15) is 0 Å². The molecule has 0 unspecified atom stereocenters. The maximum Gasteiger partial charge on any atom is 0.227 e. The van der Waals surface area contributed by atoms with E-state index in [-0.39, 0.29) is 11.3 Å². The fourth-order valence-electron chi connectivity index (χ4n) is 1.91. The molecule has 2 N–H and O–H groups in total. The van der Waals surface area contributed by atoms with E-state index in [9.17, 15) is 4.79 Å². The number of amides is 1. The van der Waals surface area contributed by atoms with Crippen molar-refractivity contribution in [2.24, 2.45) is 5.41 Å². The first-order valence-corrected chi connectivity index (χ1v) is 6.60. The van der Waals surface area contributed by atoms with Crippen molar-refractivity contribution in [3.63, 3.8) is 0 Å². The summed E-state index contributed by atoms with van der Waals surface area (Å²) in [5.74, 6) is 0.221. The molecule has 3 nitrogen and oxygen atoms in total. The van der Waals surface area contributed by atoms with Gasteiger partial charge in [-0.25, -0.2) is 0 Å². The zero-order chi connectivity index (χ0) is 11.4. The van der Waals surface area contributed by atoms with E-state index in [1.807, 2.05) is 13.1 Å². The number of hydrogen-bond acceptors (Lipinski definition) is 3. The van der Waals surface area contributed by atoms with Gasteiger partial charge in [-0.2, -0.15) is 0 Å². The molecule has 1 saturated carbocycles. The summed E-state index contributed by atoms with van der Waals surface area (Å²) in [7, 11) is 1.90. The number of rotatable bonds is 6. The number of thiophene rings is 1.